The van der Waals surface area contributed by atoms with Crippen LogP contribution < -0.4 is 10.8 Å². The van der Waals surface area contributed by atoms with E-state index in [1.807, 2.05) is 24.7 Å². The van der Waals surface area contributed by atoms with Gasteiger partial charge in [-0.2, -0.15) is 5.48 Å². The fourth-order valence-electron chi connectivity index (χ4n) is 1.97. The Kier molecular flexibility index (Phi) is 7.87. The molecule has 0 unspecified atom stereocenters. The minimum absolute atomic E-state index is 0.0766. The Bertz CT molecular complexity index is 552. The number of nitrogens with zero attached hydrogens (tertiary/aromatic N) is 1. The maximum absolute atomic E-state index is 12.0. The van der Waals surface area contributed by atoms with Gasteiger partial charge in [0.2, 0.25) is 0 Å². The van der Waals surface area contributed by atoms with E-state index in [4.69, 9.17) is 0 Å². The van der Waals surface area contributed by atoms with Crippen LogP contribution in [0.1, 0.15) is 55.1 Å². The molecule has 0 spiro atoms. The van der Waals surface area contributed by atoms with E-state index in [2.05, 4.69) is 15.6 Å². The highest BCUT2D eigenvalue weighted by molar-refractivity contribution is 5.95. The van der Waals surface area contributed by atoms with Crippen molar-refractivity contribution in [1.29, 1.82) is 0 Å². The summed E-state index contributed by atoms with van der Waals surface area (Å²) in [6, 6.07) is 1.80. The molecule has 0 aliphatic carbocycles. The van der Waals surface area contributed by atoms with Crippen LogP contribution in [0.5, 0.6) is 0 Å². The zero-order valence-electron chi connectivity index (χ0n) is 14.0. The normalized spacial score (nSPS) is 10.2. The Hall–Kier alpha value is -2.31. The number of hydroxylamine groups is 1. The summed E-state index contributed by atoms with van der Waals surface area (Å²) in [5.74, 6) is -0.847. The molecule has 0 aromatic carbocycles. The average Bonchev–Trinajstić information content (AvgIpc) is 2.87. The Morgan fingerprint density at radius 2 is 1.96 bits per heavy atom. The van der Waals surface area contributed by atoms with Crippen LogP contribution >= 0.6 is 0 Å². The summed E-state index contributed by atoms with van der Waals surface area (Å²) in [5.41, 5.74) is 3.73. The lowest BCUT2D eigenvalue weighted by molar-refractivity contribution is -0.158. The molecule has 7 nitrogen and oxygen atoms in total. The van der Waals surface area contributed by atoms with E-state index in [9.17, 15) is 14.4 Å². The second-order valence-electron chi connectivity index (χ2n) is 5.35. The lowest BCUT2D eigenvalue weighted by Gasteiger charge is -2.06. The van der Waals surface area contributed by atoms with Gasteiger partial charge in [0.1, 0.15) is 0 Å². The molecule has 0 fully saturated rings. The molecule has 1 rings (SSSR count). The van der Waals surface area contributed by atoms with Gasteiger partial charge in [-0.25, -0.2) is 4.79 Å². The minimum atomic E-state index is -0.461. The van der Waals surface area contributed by atoms with Crippen molar-refractivity contribution >= 4 is 17.8 Å². The third-order valence-electron chi connectivity index (χ3n) is 3.56. The predicted octanol–water partition coefficient (Wildman–Crippen LogP) is 1.61. The van der Waals surface area contributed by atoms with Gasteiger partial charge < -0.3 is 14.7 Å². The molecule has 7 heteroatoms. The fraction of sp³-hybridized carbons (Fsp3) is 0.562. The second kappa shape index (κ2) is 9.66. The van der Waals surface area contributed by atoms with Gasteiger partial charge in [0.25, 0.3) is 11.8 Å². The van der Waals surface area contributed by atoms with Crippen molar-refractivity contribution < 1.29 is 19.2 Å². The lowest BCUT2D eigenvalue weighted by atomic mass is 10.2. The first-order chi connectivity index (χ1) is 11.0. The van der Waals surface area contributed by atoms with E-state index in [1.165, 1.54) is 0 Å². The van der Waals surface area contributed by atoms with E-state index < -0.39 is 5.97 Å². The molecule has 2 amide bonds. The number of carbonyl (C=O) groups excluding carboxylic acids is 3. The number of carbonyl (C=O) groups is 3. The highest BCUT2D eigenvalue weighted by atomic mass is 16.7. The van der Waals surface area contributed by atoms with Crippen molar-refractivity contribution in [1.82, 2.24) is 15.4 Å². The molecule has 0 saturated carbocycles. The number of aromatic nitrogens is 1. The van der Waals surface area contributed by atoms with Gasteiger partial charge >= 0.3 is 5.97 Å². The van der Waals surface area contributed by atoms with Crippen LogP contribution in [0.15, 0.2) is 12.3 Å². The van der Waals surface area contributed by atoms with Crippen molar-refractivity contribution in [2.45, 2.75) is 46.0 Å². The van der Waals surface area contributed by atoms with Crippen LogP contribution in [0, 0.1) is 6.92 Å². The lowest BCUT2D eigenvalue weighted by Crippen LogP contribution is -2.26. The average molecular weight is 323 g/mol. The van der Waals surface area contributed by atoms with Gasteiger partial charge in [0, 0.05) is 38.3 Å². The molecule has 0 aliphatic rings. The summed E-state index contributed by atoms with van der Waals surface area (Å²) in [7, 11) is 1.90. The zero-order chi connectivity index (χ0) is 17.2. The number of rotatable bonds is 8. The van der Waals surface area contributed by atoms with E-state index in [-0.39, 0.29) is 18.2 Å². The Morgan fingerprint density at radius 1 is 1.22 bits per heavy atom. The highest BCUT2D eigenvalue weighted by Gasteiger charge is 2.10. The first-order valence-corrected chi connectivity index (χ1v) is 7.84. The van der Waals surface area contributed by atoms with Crippen molar-refractivity contribution in [3.8, 4) is 0 Å². The fourth-order valence-corrected chi connectivity index (χ4v) is 1.97. The molecule has 0 atom stereocenters. The van der Waals surface area contributed by atoms with E-state index >= 15 is 0 Å². The largest absolute Gasteiger partial charge is 0.354 e. The van der Waals surface area contributed by atoms with Crippen LogP contribution in [0.2, 0.25) is 0 Å². The smallest absolute Gasteiger partial charge is 0.331 e. The number of amides is 2. The molecule has 0 saturated heterocycles. The molecule has 0 bridgehead atoms. The number of aryl methyl sites for hydroxylation is 1. The summed E-state index contributed by atoms with van der Waals surface area (Å²) >= 11 is 0. The third kappa shape index (κ3) is 6.54. The van der Waals surface area contributed by atoms with Gasteiger partial charge in [0.05, 0.1) is 5.56 Å². The summed E-state index contributed by atoms with van der Waals surface area (Å²) in [6.07, 6.45) is 4.65. The molecular weight excluding hydrogens is 298 g/mol. The SMILES string of the molecule is CCC(=O)ONC(=O)CCCCCNC(=O)c1ccn(C)c1C. The molecule has 1 heterocycles. The van der Waals surface area contributed by atoms with E-state index in [0.717, 1.165) is 18.5 Å². The van der Waals surface area contributed by atoms with Gasteiger partial charge in [-0.1, -0.05) is 13.3 Å². The van der Waals surface area contributed by atoms with Crippen molar-refractivity contribution in [3.05, 3.63) is 23.5 Å². The van der Waals surface area contributed by atoms with Crippen LogP contribution in [0.25, 0.3) is 0 Å². The molecule has 23 heavy (non-hydrogen) atoms. The molecule has 2 N–H and O–H groups in total. The number of hydrogen-bond acceptors (Lipinski definition) is 4. The maximum atomic E-state index is 12.0. The predicted molar refractivity (Wildman–Crippen MR) is 85.5 cm³/mol. The summed E-state index contributed by atoms with van der Waals surface area (Å²) in [4.78, 5) is 38.7. The zero-order valence-corrected chi connectivity index (χ0v) is 14.0. The van der Waals surface area contributed by atoms with Gasteiger partial charge in [-0.05, 0) is 25.8 Å². The monoisotopic (exact) mass is 323 g/mol. The first-order valence-electron chi connectivity index (χ1n) is 7.84. The maximum Gasteiger partial charge on any atom is 0.331 e. The molecule has 1 aromatic rings. The molecule has 0 radical (unpaired) electrons. The van der Waals surface area contributed by atoms with Crippen LogP contribution in [0.3, 0.4) is 0 Å². The van der Waals surface area contributed by atoms with Crippen molar-refractivity contribution in [3.63, 3.8) is 0 Å². The molecule has 128 valence electrons. The Balaban J connectivity index is 2.09. The molecule has 1 aromatic heterocycles. The number of hydrogen-bond donors (Lipinski definition) is 2. The van der Waals surface area contributed by atoms with Crippen molar-refractivity contribution in [2.24, 2.45) is 7.05 Å². The standard InChI is InChI=1S/C16H25N3O4/c1-4-15(21)23-18-14(20)8-6-5-7-10-17-16(22)13-9-11-19(3)12(13)2/h9,11H,4-8,10H2,1-3H3,(H,17,22)(H,18,20). The molecular formula is C16H25N3O4. The summed E-state index contributed by atoms with van der Waals surface area (Å²) in [5, 5.41) is 2.87. The van der Waals surface area contributed by atoms with E-state index in [0.29, 0.717) is 24.9 Å². The van der Waals surface area contributed by atoms with Gasteiger partial charge in [-0.3, -0.25) is 9.59 Å². The quantitative estimate of drug-likeness (QED) is 0.562. The number of nitrogens with one attached hydrogen (secondary N) is 2. The topological polar surface area (TPSA) is 89.4 Å². The first kappa shape index (κ1) is 18.7. The Morgan fingerprint density at radius 3 is 2.57 bits per heavy atom. The summed E-state index contributed by atoms with van der Waals surface area (Å²) < 4.78 is 1.90. The van der Waals surface area contributed by atoms with Gasteiger partial charge in [0.15, 0.2) is 0 Å². The van der Waals surface area contributed by atoms with Crippen LogP contribution in [-0.2, 0) is 21.5 Å². The highest BCUT2D eigenvalue weighted by Crippen LogP contribution is 2.08. The van der Waals surface area contributed by atoms with Crippen molar-refractivity contribution in [2.75, 3.05) is 6.54 Å². The van der Waals surface area contributed by atoms with Crippen LogP contribution in [0.4, 0.5) is 0 Å². The number of unbranched alkanes of at least 4 members (excludes halogenated alkanes) is 2. The van der Waals surface area contributed by atoms with Crippen LogP contribution in [-0.4, -0.2) is 28.9 Å². The second-order valence-corrected chi connectivity index (χ2v) is 5.35. The Labute approximate surface area is 136 Å². The summed E-state index contributed by atoms with van der Waals surface area (Å²) in [6.45, 7) is 4.12. The molecule has 0 aliphatic heterocycles. The van der Waals surface area contributed by atoms with E-state index in [1.54, 1.807) is 13.0 Å². The third-order valence-corrected chi connectivity index (χ3v) is 3.56. The minimum Gasteiger partial charge on any atom is -0.354 e. The van der Waals surface area contributed by atoms with Gasteiger partial charge in [-0.15, -0.1) is 0 Å².